The van der Waals surface area contributed by atoms with E-state index in [0.29, 0.717) is 17.9 Å². The number of rotatable bonds is 2. The molecule has 0 saturated carbocycles. The van der Waals surface area contributed by atoms with Crippen LogP contribution in [0.25, 0.3) is 22.2 Å². The van der Waals surface area contributed by atoms with Gasteiger partial charge in [-0.1, -0.05) is 6.07 Å². The molecule has 3 aromatic rings. The van der Waals surface area contributed by atoms with Crippen LogP contribution in [0.2, 0.25) is 0 Å². The molecule has 0 radical (unpaired) electrons. The number of aromatic nitrogens is 3. The topological polar surface area (TPSA) is 89.8 Å². The second-order valence-corrected chi connectivity index (χ2v) is 3.99. The number of aryl methyl sites for hydroxylation is 1. The van der Waals surface area contributed by atoms with Crippen LogP contribution in [-0.4, -0.2) is 14.8 Å². The zero-order valence-corrected chi connectivity index (χ0v) is 9.80. The van der Waals surface area contributed by atoms with Gasteiger partial charge in [0.15, 0.2) is 5.58 Å². The first-order chi connectivity index (χ1) is 8.70. The largest absolute Gasteiger partial charge is 0.419 e. The number of nitrogens with zero attached hydrogens (tertiary/aromatic N) is 2. The second kappa shape index (κ2) is 3.76. The minimum atomic E-state index is -0.343. The molecule has 0 saturated heterocycles. The Morgan fingerprint density at radius 2 is 2.33 bits per heavy atom. The van der Waals surface area contributed by atoms with Gasteiger partial charge in [0.1, 0.15) is 5.82 Å². The van der Waals surface area contributed by atoms with E-state index in [-0.39, 0.29) is 5.76 Å². The van der Waals surface area contributed by atoms with Crippen molar-refractivity contribution in [3.05, 3.63) is 34.9 Å². The predicted molar refractivity (Wildman–Crippen MR) is 68.1 cm³/mol. The Balaban J connectivity index is 2.28. The molecule has 3 rings (SSSR count). The first-order valence-corrected chi connectivity index (χ1v) is 5.63. The number of fused-ring (bicyclic) bond motifs is 1. The molecule has 2 heterocycles. The Bertz CT molecular complexity index is 766. The van der Waals surface area contributed by atoms with Crippen LogP contribution in [0.5, 0.6) is 0 Å². The number of hydrogen-bond acceptors (Lipinski definition) is 4. The molecule has 6 heteroatoms. The van der Waals surface area contributed by atoms with Crippen LogP contribution in [0, 0.1) is 0 Å². The molecule has 0 atom stereocenters. The monoisotopic (exact) mass is 244 g/mol. The van der Waals surface area contributed by atoms with Gasteiger partial charge in [-0.15, -0.1) is 0 Å². The number of oxazole rings is 1. The summed E-state index contributed by atoms with van der Waals surface area (Å²) in [7, 11) is 0. The molecule has 0 aliphatic rings. The number of anilines is 1. The highest BCUT2D eigenvalue weighted by Gasteiger charge is 2.11. The highest BCUT2D eigenvalue weighted by atomic mass is 16.4. The summed E-state index contributed by atoms with van der Waals surface area (Å²) >= 11 is 0. The van der Waals surface area contributed by atoms with E-state index in [2.05, 4.69) is 10.2 Å². The summed E-state index contributed by atoms with van der Waals surface area (Å²) in [6.45, 7) is 2.46. The van der Waals surface area contributed by atoms with E-state index >= 15 is 0 Å². The number of nitrogen functional groups attached to an aromatic ring is 1. The summed E-state index contributed by atoms with van der Waals surface area (Å²) < 4.78 is 6.72. The second-order valence-electron chi connectivity index (χ2n) is 3.99. The van der Waals surface area contributed by atoms with Gasteiger partial charge in [0.2, 0.25) is 0 Å². The molecule has 0 spiro atoms. The van der Waals surface area contributed by atoms with Crippen LogP contribution in [0.15, 0.2) is 33.6 Å². The van der Waals surface area contributed by atoms with E-state index in [9.17, 15) is 4.79 Å². The molecule has 0 bridgehead atoms. The van der Waals surface area contributed by atoms with Gasteiger partial charge in [-0.25, -0.2) is 4.79 Å². The zero-order valence-electron chi connectivity index (χ0n) is 9.80. The van der Waals surface area contributed by atoms with E-state index in [0.717, 1.165) is 16.6 Å². The minimum absolute atomic E-state index is 0.343. The quantitative estimate of drug-likeness (QED) is 0.716. The third-order valence-corrected chi connectivity index (χ3v) is 2.96. The molecule has 0 aliphatic heterocycles. The molecule has 0 amide bonds. The minimum Gasteiger partial charge on any atom is -0.408 e. The maximum atomic E-state index is 11.6. The smallest absolute Gasteiger partial charge is 0.408 e. The standard InChI is InChI=1S/C12H12N4O2/c1-2-16-9-5-7(8-6-14-15-11(8)13)3-4-10(9)18-12(16)17/h3-6H,2H2,1H3,(H3,13,14,15). The molecular weight excluding hydrogens is 232 g/mol. The molecule has 18 heavy (non-hydrogen) atoms. The van der Waals surface area contributed by atoms with Crippen LogP contribution < -0.4 is 11.5 Å². The number of H-pyrrole nitrogens is 1. The highest BCUT2D eigenvalue weighted by Crippen LogP contribution is 2.26. The summed E-state index contributed by atoms with van der Waals surface area (Å²) in [6, 6.07) is 5.50. The van der Waals surface area contributed by atoms with Crippen LogP contribution in [-0.2, 0) is 6.54 Å². The summed E-state index contributed by atoms with van der Waals surface area (Å²) in [5.74, 6) is 0.160. The van der Waals surface area contributed by atoms with Crippen molar-refractivity contribution in [2.75, 3.05) is 5.73 Å². The molecule has 0 aliphatic carbocycles. The highest BCUT2D eigenvalue weighted by molar-refractivity contribution is 5.83. The SMILES string of the molecule is CCn1c(=O)oc2ccc(-c3cn[nH]c3N)cc21. The van der Waals surface area contributed by atoms with Gasteiger partial charge < -0.3 is 10.2 Å². The molecule has 0 fully saturated rings. The molecule has 1 aromatic carbocycles. The molecule has 6 nitrogen and oxygen atoms in total. The summed E-state index contributed by atoms with van der Waals surface area (Å²) in [5, 5.41) is 6.57. The van der Waals surface area contributed by atoms with Crippen molar-refractivity contribution in [3.63, 3.8) is 0 Å². The zero-order chi connectivity index (χ0) is 12.7. The van der Waals surface area contributed by atoms with Gasteiger partial charge in [0.25, 0.3) is 0 Å². The number of benzene rings is 1. The van der Waals surface area contributed by atoms with E-state index in [1.165, 1.54) is 0 Å². The predicted octanol–water partition coefficient (Wildman–Crippen LogP) is 1.59. The Kier molecular flexibility index (Phi) is 2.22. The van der Waals surface area contributed by atoms with Crippen molar-refractivity contribution in [3.8, 4) is 11.1 Å². The first-order valence-electron chi connectivity index (χ1n) is 5.63. The third kappa shape index (κ3) is 1.42. The maximum Gasteiger partial charge on any atom is 0.419 e. The Morgan fingerprint density at radius 1 is 1.50 bits per heavy atom. The number of nitrogens with one attached hydrogen (secondary N) is 1. The number of nitrogens with two attached hydrogens (primary N) is 1. The fourth-order valence-electron chi connectivity index (χ4n) is 2.06. The summed E-state index contributed by atoms with van der Waals surface area (Å²) in [6.07, 6.45) is 1.66. The fourth-order valence-corrected chi connectivity index (χ4v) is 2.06. The van der Waals surface area contributed by atoms with E-state index in [4.69, 9.17) is 10.2 Å². The van der Waals surface area contributed by atoms with Crippen molar-refractivity contribution in [1.82, 2.24) is 14.8 Å². The Morgan fingerprint density at radius 3 is 3.00 bits per heavy atom. The van der Waals surface area contributed by atoms with Crippen molar-refractivity contribution in [2.45, 2.75) is 13.5 Å². The average Bonchev–Trinajstić information content (AvgIpc) is 2.90. The van der Waals surface area contributed by atoms with Crippen molar-refractivity contribution < 1.29 is 4.42 Å². The van der Waals surface area contributed by atoms with Crippen molar-refractivity contribution in [1.29, 1.82) is 0 Å². The maximum absolute atomic E-state index is 11.6. The van der Waals surface area contributed by atoms with Crippen LogP contribution in [0.3, 0.4) is 0 Å². The molecule has 3 N–H and O–H groups in total. The number of hydrogen-bond donors (Lipinski definition) is 2. The normalized spacial score (nSPS) is 11.2. The number of aromatic amines is 1. The van der Waals surface area contributed by atoms with E-state index < -0.39 is 0 Å². The summed E-state index contributed by atoms with van der Waals surface area (Å²) in [5.41, 5.74) is 8.84. The van der Waals surface area contributed by atoms with Gasteiger partial charge in [0.05, 0.1) is 11.7 Å². The third-order valence-electron chi connectivity index (χ3n) is 2.96. The van der Waals surface area contributed by atoms with Crippen molar-refractivity contribution >= 4 is 16.9 Å². The lowest BCUT2D eigenvalue weighted by molar-refractivity contribution is 0.513. The van der Waals surface area contributed by atoms with Gasteiger partial charge in [-0.3, -0.25) is 9.67 Å². The van der Waals surface area contributed by atoms with Gasteiger partial charge >= 0.3 is 5.76 Å². The van der Waals surface area contributed by atoms with Crippen LogP contribution in [0.1, 0.15) is 6.92 Å². The summed E-state index contributed by atoms with van der Waals surface area (Å²) in [4.78, 5) is 11.6. The Labute approximate surface area is 102 Å². The Hall–Kier alpha value is -2.50. The van der Waals surface area contributed by atoms with E-state index in [1.807, 2.05) is 19.1 Å². The molecule has 2 aromatic heterocycles. The first kappa shape index (κ1) is 10.6. The lowest BCUT2D eigenvalue weighted by Crippen LogP contribution is -2.11. The molecular formula is C12H12N4O2. The lowest BCUT2D eigenvalue weighted by atomic mass is 10.1. The van der Waals surface area contributed by atoms with E-state index in [1.54, 1.807) is 16.8 Å². The molecule has 92 valence electrons. The van der Waals surface area contributed by atoms with Gasteiger partial charge in [-0.05, 0) is 24.6 Å². The van der Waals surface area contributed by atoms with Crippen LogP contribution in [0.4, 0.5) is 5.82 Å². The fraction of sp³-hybridized carbons (Fsp3) is 0.167. The van der Waals surface area contributed by atoms with Crippen LogP contribution >= 0.6 is 0 Å². The average molecular weight is 244 g/mol. The van der Waals surface area contributed by atoms with Gasteiger partial charge in [-0.2, -0.15) is 5.10 Å². The van der Waals surface area contributed by atoms with Gasteiger partial charge in [0, 0.05) is 12.1 Å². The van der Waals surface area contributed by atoms with Crippen molar-refractivity contribution in [2.24, 2.45) is 0 Å². The molecule has 0 unspecified atom stereocenters. The lowest BCUT2D eigenvalue weighted by Gasteiger charge is -2.01.